The van der Waals surface area contributed by atoms with E-state index in [9.17, 15) is 0 Å². The molecule has 0 unspecified atom stereocenters. The standard InChI is InChI=1S/2C7H7.Ca/c2*1-7-5-3-2-4-6-7;/h2*2-6H,1H2;/q2*-1;+2. The molecule has 0 aliphatic rings. The molecule has 2 rings (SSSR count). The molecule has 0 spiro atoms. The van der Waals surface area contributed by atoms with Crippen molar-refractivity contribution in [3.63, 3.8) is 0 Å². The van der Waals surface area contributed by atoms with Crippen LogP contribution in [0.1, 0.15) is 11.1 Å². The summed E-state index contributed by atoms with van der Waals surface area (Å²) < 4.78 is 0. The van der Waals surface area contributed by atoms with Gasteiger partial charge in [0.2, 0.25) is 0 Å². The van der Waals surface area contributed by atoms with Gasteiger partial charge in [0, 0.05) is 0 Å². The summed E-state index contributed by atoms with van der Waals surface area (Å²) in [7, 11) is 0. The fourth-order valence-corrected chi connectivity index (χ4v) is 0.956. The molecule has 2 aromatic carbocycles. The SMILES string of the molecule is [CH2-]c1ccccc1.[CH2-]c1ccccc1.[Ca+2]. The van der Waals surface area contributed by atoms with E-state index in [0.29, 0.717) is 0 Å². The Hall–Kier alpha value is -0.560. The van der Waals surface area contributed by atoms with Gasteiger partial charge in [0.1, 0.15) is 0 Å². The van der Waals surface area contributed by atoms with Crippen LogP contribution in [0.5, 0.6) is 0 Å². The molecule has 0 saturated carbocycles. The quantitative estimate of drug-likeness (QED) is 0.473. The van der Waals surface area contributed by atoms with Crippen molar-refractivity contribution < 1.29 is 0 Å². The summed E-state index contributed by atoms with van der Waals surface area (Å²) in [6, 6.07) is 19.7. The molecule has 72 valence electrons. The van der Waals surface area contributed by atoms with Crippen molar-refractivity contribution in [1.82, 2.24) is 0 Å². The van der Waals surface area contributed by atoms with Crippen molar-refractivity contribution in [2.45, 2.75) is 0 Å². The second-order valence-electron chi connectivity index (χ2n) is 2.97. The summed E-state index contributed by atoms with van der Waals surface area (Å²) in [5.74, 6) is 0. The summed E-state index contributed by atoms with van der Waals surface area (Å²) in [5.41, 5.74) is 2.14. The third kappa shape index (κ3) is 7.38. The van der Waals surface area contributed by atoms with Crippen LogP contribution in [0, 0.1) is 13.8 Å². The van der Waals surface area contributed by atoms with Crippen molar-refractivity contribution in [1.29, 1.82) is 0 Å². The molecule has 15 heavy (non-hydrogen) atoms. The molecule has 0 fully saturated rings. The zero-order valence-corrected chi connectivity index (χ0v) is 11.1. The Labute approximate surface area is 122 Å². The van der Waals surface area contributed by atoms with E-state index < -0.39 is 0 Å². The summed E-state index contributed by atoms with van der Waals surface area (Å²) in [6.45, 7) is 7.44. The van der Waals surface area contributed by atoms with Gasteiger partial charge in [0.25, 0.3) is 0 Å². The second kappa shape index (κ2) is 8.72. The average molecular weight is 222 g/mol. The summed E-state index contributed by atoms with van der Waals surface area (Å²) >= 11 is 0. The van der Waals surface area contributed by atoms with Gasteiger partial charge >= 0.3 is 37.7 Å². The monoisotopic (exact) mass is 222 g/mol. The minimum absolute atomic E-state index is 0. The first-order valence-electron chi connectivity index (χ1n) is 4.53. The molecule has 0 nitrogen and oxygen atoms in total. The van der Waals surface area contributed by atoms with Crippen molar-refractivity contribution in [2.75, 3.05) is 0 Å². The van der Waals surface area contributed by atoms with Gasteiger partial charge in [-0.15, -0.1) is 24.3 Å². The first kappa shape index (κ1) is 14.4. The van der Waals surface area contributed by atoms with E-state index in [4.69, 9.17) is 0 Å². The van der Waals surface area contributed by atoms with Crippen LogP contribution in [-0.2, 0) is 0 Å². The Morgan fingerprint density at radius 1 is 0.533 bits per heavy atom. The van der Waals surface area contributed by atoms with Gasteiger partial charge in [-0.3, -0.25) is 0 Å². The van der Waals surface area contributed by atoms with Crippen molar-refractivity contribution in [3.8, 4) is 0 Å². The summed E-state index contributed by atoms with van der Waals surface area (Å²) in [5, 5.41) is 0. The zero-order valence-electron chi connectivity index (χ0n) is 8.89. The largest absolute Gasteiger partial charge is 2.00 e. The van der Waals surface area contributed by atoms with E-state index >= 15 is 0 Å². The average Bonchev–Trinajstić information content (AvgIpc) is 2.21. The molecule has 1 heteroatoms. The number of hydrogen-bond acceptors (Lipinski definition) is 0. The van der Waals surface area contributed by atoms with E-state index in [1.807, 2.05) is 60.7 Å². The molecule has 0 N–H and O–H groups in total. The topological polar surface area (TPSA) is 0 Å². The van der Waals surface area contributed by atoms with Crippen LogP contribution in [0.2, 0.25) is 0 Å². The molecule has 0 atom stereocenters. The molecular weight excluding hydrogens is 208 g/mol. The molecule has 0 aromatic heterocycles. The molecule has 0 aliphatic carbocycles. The maximum atomic E-state index is 3.72. The summed E-state index contributed by atoms with van der Waals surface area (Å²) in [4.78, 5) is 0. The molecule has 0 bridgehead atoms. The second-order valence-corrected chi connectivity index (χ2v) is 2.97. The Bertz CT molecular complexity index is 303. The van der Waals surface area contributed by atoms with Crippen molar-refractivity contribution >= 4 is 37.7 Å². The van der Waals surface area contributed by atoms with E-state index in [-0.39, 0.29) is 37.7 Å². The third-order valence-corrected chi connectivity index (χ3v) is 1.69. The Balaban J connectivity index is 0.000000245. The van der Waals surface area contributed by atoms with Crippen LogP contribution < -0.4 is 0 Å². The minimum atomic E-state index is 0. The third-order valence-electron chi connectivity index (χ3n) is 1.69. The number of hydrogen-bond donors (Lipinski definition) is 0. The van der Waals surface area contributed by atoms with Crippen LogP contribution >= 0.6 is 0 Å². The summed E-state index contributed by atoms with van der Waals surface area (Å²) in [6.07, 6.45) is 0. The minimum Gasteiger partial charge on any atom is -0.199 e. The first-order valence-corrected chi connectivity index (χ1v) is 4.53. The molecule has 0 heterocycles. The molecule has 0 aliphatic heterocycles. The fourth-order valence-electron chi connectivity index (χ4n) is 0.956. The van der Waals surface area contributed by atoms with Gasteiger partial charge in [-0.1, -0.05) is 12.1 Å². The van der Waals surface area contributed by atoms with Gasteiger partial charge < -0.3 is 0 Å². The van der Waals surface area contributed by atoms with Crippen molar-refractivity contribution in [2.24, 2.45) is 0 Å². The maximum Gasteiger partial charge on any atom is 2.00 e. The predicted octanol–water partition coefficient (Wildman–Crippen LogP) is 3.36. The van der Waals surface area contributed by atoms with E-state index in [1.165, 1.54) is 0 Å². The smallest absolute Gasteiger partial charge is 0.199 e. The van der Waals surface area contributed by atoms with E-state index in [0.717, 1.165) is 11.1 Å². The van der Waals surface area contributed by atoms with Crippen LogP contribution in [0.4, 0.5) is 0 Å². The van der Waals surface area contributed by atoms with Crippen LogP contribution in [-0.4, -0.2) is 37.7 Å². The molecule has 0 saturated heterocycles. The van der Waals surface area contributed by atoms with Crippen LogP contribution in [0.3, 0.4) is 0 Å². The number of benzene rings is 2. The molecule has 0 amide bonds. The van der Waals surface area contributed by atoms with E-state index in [2.05, 4.69) is 13.8 Å². The van der Waals surface area contributed by atoms with Crippen LogP contribution in [0.15, 0.2) is 60.7 Å². The molecule has 2 aromatic rings. The number of rotatable bonds is 0. The normalized spacial score (nSPS) is 8.00. The Morgan fingerprint density at radius 3 is 0.933 bits per heavy atom. The molecule has 0 radical (unpaired) electrons. The maximum absolute atomic E-state index is 3.72. The fraction of sp³-hybridized carbons (Fsp3) is 0. The van der Waals surface area contributed by atoms with Gasteiger partial charge in [-0.05, 0) is 0 Å². The first-order chi connectivity index (χ1) is 6.79. The van der Waals surface area contributed by atoms with Crippen LogP contribution in [0.25, 0.3) is 0 Å². The van der Waals surface area contributed by atoms with Gasteiger partial charge in [-0.2, -0.15) is 49.2 Å². The Kier molecular flexibility index (Phi) is 8.40. The zero-order chi connectivity index (χ0) is 10.2. The van der Waals surface area contributed by atoms with Crippen molar-refractivity contribution in [3.05, 3.63) is 85.6 Å². The molecular formula is C14H14Ca. The van der Waals surface area contributed by atoms with Gasteiger partial charge in [0.15, 0.2) is 0 Å². The van der Waals surface area contributed by atoms with Gasteiger partial charge in [0.05, 0.1) is 0 Å². The van der Waals surface area contributed by atoms with Gasteiger partial charge in [-0.25, -0.2) is 0 Å². The van der Waals surface area contributed by atoms with E-state index in [1.54, 1.807) is 0 Å². The Morgan fingerprint density at radius 2 is 0.800 bits per heavy atom. The predicted molar refractivity (Wildman–Crippen MR) is 67.6 cm³/mol.